The van der Waals surface area contributed by atoms with E-state index in [4.69, 9.17) is 9.47 Å². The fourth-order valence-electron chi connectivity index (χ4n) is 3.05. The summed E-state index contributed by atoms with van der Waals surface area (Å²) in [7, 11) is 0. The molecule has 1 saturated heterocycles. The van der Waals surface area contributed by atoms with Gasteiger partial charge in [0.05, 0.1) is 0 Å². The summed E-state index contributed by atoms with van der Waals surface area (Å²) >= 11 is 0. The van der Waals surface area contributed by atoms with Crippen molar-refractivity contribution < 1.29 is 19.1 Å². The monoisotopic (exact) mass is 324 g/mol. The summed E-state index contributed by atoms with van der Waals surface area (Å²) in [5.41, 5.74) is 1.97. The Bertz CT molecular complexity index is 702. The molecule has 2 aromatic carbocycles. The van der Waals surface area contributed by atoms with E-state index in [1.54, 1.807) is 13.8 Å². The summed E-state index contributed by atoms with van der Waals surface area (Å²) < 4.78 is 10.6. The lowest BCUT2D eigenvalue weighted by atomic mass is 9.81. The largest absolute Gasteiger partial charge is 0.422 e. The van der Waals surface area contributed by atoms with E-state index in [1.165, 1.54) is 0 Å². The quantitative estimate of drug-likeness (QED) is 0.638. The van der Waals surface area contributed by atoms with Crippen molar-refractivity contribution in [3.8, 4) is 0 Å². The molecular weight excluding hydrogens is 304 g/mol. The minimum atomic E-state index is -1.21. The highest BCUT2D eigenvalue weighted by Crippen LogP contribution is 2.35. The Hall–Kier alpha value is -2.62. The van der Waals surface area contributed by atoms with Crippen molar-refractivity contribution in [2.75, 3.05) is 0 Å². The number of carbonyl (C=O) groups is 2. The number of benzene rings is 2. The van der Waals surface area contributed by atoms with Crippen LogP contribution in [0.2, 0.25) is 0 Å². The zero-order valence-electron chi connectivity index (χ0n) is 13.8. The lowest BCUT2D eigenvalue weighted by Crippen LogP contribution is -2.48. The standard InChI is InChI=1S/C20H20O4/c1-20(2)23-18(21)17(19(22)24-20)16(15-11-7-4-8-12-15)13-14-9-5-3-6-10-14/h3-12,16-17H,13H2,1-2H3. The fourth-order valence-corrected chi connectivity index (χ4v) is 3.05. The molecule has 0 radical (unpaired) electrons. The minimum absolute atomic E-state index is 0.329. The third kappa shape index (κ3) is 3.48. The van der Waals surface area contributed by atoms with Gasteiger partial charge in [-0.2, -0.15) is 0 Å². The first-order valence-corrected chi connectivity index (χ1v) is 8.01. The van der Waals surface area contributed by atoms with Gasteiger partial charge in [0.2, 0.25) is 0 Å². The van der Waals surface area contributed by atoms with E-state index in [9.17, 15) is 9.59 Å². The number of hydrogen-bond donors (Lipinski definition) is 0. The van der Waals surface area contributed by atoms with Crippen LogP contribution in [0, 0.1) is 5.92 Å². The van der Waals surface area contributed by atoms with Gasteiger partial charge in [-0.25, -0.2) is 0 Å². The molecule has 0 saturated carbocycles. The topological polar surface area (TPSA) is 52.6 Å². The van der Waals surface area contributed by atoms with E-state index in [1.807, 2.05) is 60.7 Å². The van der Waals surface area contributed by atoms with Crippen molar-refractivity contribution in [1.29, 1.82) is 0 Å². The summed E-state index contributed by atoms with van der Waals surface area (Å²) in [6.07, 6.45) is 0.556. The average Bonchev–Trinajstić information content (AvgIpc) is 2.54. The normalized spacial score (nSPS) is 18.6. The maximum Gasteiger partial charge on any atom is 0.324 e. The smallest absolute Gasteiger partial charge is 0.324 e. The van der Waals surface area contributed by atoms with Crippen LogP contribution in [0.25, 0.3) is 0 Å². The Morgan fingerprint density at radius 1 is 0.875 bits per heavy atom. The van der Waals surface area contributed by atoms with Gasteiger partial charge in [0.1, 0.15) is 0 Å². The molecule has 0 aliphatic carbocycles. The molecule has 3 rings (SSSR count). The van der Waals surface area contributed by atoms with Gasteiger partial charge in [-0.1, -0.05) is 60.7 Å². The average molecular weight is 324 g/mol. The highest BCUT2D eigenvalue weighted by Gasteiger charge is 2.47. The summed E-state index contributed by atoms with van der Waals surface area (Å²) in [6.45, 7) is 3.13. The summed E-state index contributed by atoms with van der Waals surface area (Å²) in [5, 5.41) is 0. The van der Waals surface area contributed by atoms with Crippen molar-refractivity contribution in [3.05, 3.63) is 71.8 Å². The number of hydrogen-bond acceptors (Lipinski definition) is 4. The van der Waals surface area contributed by atoms with Crippen molar-refractivity contribution in [1.82, 2.24) is 0 Å². The number of esters is 2. The van der Waals surface area contributed by atoms with Crippen molar-refractivity contribution >= 4 is 11.9 Å². The molecule has 1 fully saturated rings. The first kappa shape index (κ1) is 16.2. The molecule has 0 aromatic heterocycles. The third-order valence-corrected chi connectivity index (χ3v) is 4.13. The van der Waals surface area contributed by atoms with Crippen LogP contribution in [-0.2, 0) is 25.5 Å². The van der Waals surface area contributed by atoms with Crippen LogP contribution in [0.1, 0.15) is 30.9 Å². The molecule has 24 heavy (non-hydrogen) atoms. The molecule has 1 heterocycles. The van der Waals surface area contributed by atoms with Gasteiger partial charge in [-0.15, -0.1) is 0 Å². The summed E-state index contributed by atoms with van der Waals surface area (Å²) in [5.74, 6) is -3.55. The van der Waals surface area contributed by atoms with E-state index in [0.29, 0.717) is 6.42 Å². The van der Waals surface area contributed by atoms with E-state index in [2.05, 4.69) is 0 Å². The second-order valence-electron chi connectivity index (χ2n) is 6.43. The number of carbonyl (C=O) groups excluding carboxylic acids is 2. The predicted octanol–water partition coefficient (Wildman–Crippen LogP) is 3.47. The third-order valence-electron chi connectivity index (χ3n) is 4.13. The Kier molecular flexibility index (Phi) is 4.38. The van der Waals surface area contributed by atoms with Crippen LogP contribution in [-0.4, -0.2) is 17.7 Å². The van der Waals surface area contributed by atoms with Crippen LogP contribution >= 0.6 is 0 Å². The predicted molar refractivity (Wildman–Crippen MR) is 89.1 cm³/mol. The maximum atomic E-state index is 12.5. The van der Waals surface area contributed by atoms with Gasteiger partial charge in [0.25, 0.3) is 5.79 Å². The zero-order valence-corrected chi connectivity index (χ0v) is 13.8. The lowest BCUT2D eigenvalue weighted by molar-refractivity contribution is -0.241. The summed E-state index contributed by atoms with van der Waals surface area (Å²) in [6, 6.07) is 19.3. The Morgan fingerprint density at radius 3 is 1.92 bits per heavy atom. The zero-order chi connectivity index (χ0) is 17.2. The molecule has 1 aliphatic heterocycles. The first-order chi connectivity index (χ1) is 11.5. The Morgan fingerprint density at radius 2 is 1.38 bits per heavy atom. The Labute approximate surface area is 141 Å². The van der Waals surface area contributed by atoms with Crippen LogP contribution in [0.5, 0.6) is 0 Å². The van der Waals surface area contributed by atoms with Gasteiger partial charge in [-0.3, -0.25) is 9.59 Å². The highest BCUT2D eigenvalue weighted by molar-refractivity contribution is 5.97. The van der Waals surface area contributed by atoms with Crippen LogP contribution in [0.4, 0.5) is 0 Å². The molecule has 0 bridgehead atoms. The fraction of sp³-hybridized carbons (Fsp3) is 0.300. The molecule has 124 valence electrons. The second kappa shape index (κ2) is 6.48. The second-order valence-corrected chi connectivity index (χ2v) is 6.43. The molecule has 1 unspecified atom stereocenters. The molecule has 0 N–H and O–H groups in total. The van der Waals surface area contributed by atoms with Gasteiger partial charge < -0.3 is 9.47 Å². The van der Waals surface area contributed by atoms with Gasteiger partial charge in [0.15, 0.2) is 5.92 Å². The molecule has 1 aliphatic rings. The number of rotatable bonds is 4. The van der Waals surface area contributed by atoms with Crippen molar-refractivity contribution in [2.45, 2.75) is 32.0 Å². The van der Waals surface area contributed by atoms with Crippen LogP contribution < -0.4 is 0 Å². The molecule has 4 heteroatoms. The van der Waals surface area contributed by atoms with E-state index in [-0.39, 0.29) is 5.92 Å². The molecule has 1 atom stereocenters. The van der Waals surface area contributed by atoms with Gasteiger partial charge >= 0.3 is 11.9 Å². The number of cyclic esters (lactones) is 2. The summed E-state index contributed by atoms with van der Waals surface area (Å²) in [4.78, 5) is 25.0. The van der Waals surface area contributed by atoms with Crippen LogP contribution in [0.3, 0.4) is 0 Å². The Balaban J connectivity index is 1.96. The lowest BCUT2D eigenvalue weighted by Gasteiger charge is -2.36. The van der Waals surface area contributed by atoms with Crippen molar-refractivity contribution in [3.63, 3.8) is 0 Å². The molecule has 4 nitrogen and oxygen atoms in total. The minimum Gasteiger partial charge on any atom is -0.422 e. The van der Waals surface area contributed by atoms with Gasteiger partial charge in [0, 0.05) is 19.8 Å². The van der Waals surface area contributed by atoms with E-state index < -0.39 is 23.6 Å². The number of ether oxygens (including phenoxy) is 2. The highest BCUT2D eigenvalue weighted by atomic mass is 16.7. The van der Waals surface area contributed by atoms with Crippen LogP contribution in [0.15, 0.2) is 60.7 Å². The van der Waals surface area contributed by atoms with Crippen molar-refractivity contribution in [2.24, 2.45) is 5.92 Å². The molecular formula is C20H20O4. The van der Waals surface area contributed by atoms with E-state index in [0.717, 1.165) is 11.1 Å². The SMILES string of the molecule is CC1(C)OC(=O)C(C(Cc2ccccc2)c2ccccc2)C(=O)O1. The molecule has 0 spiro atoms. The molecule has 2 aromatic rings. The van der Waals surface area contributed by atoms with E-state index >= 15 is 0 Å². The maximum absolute atomic E-state index is 12.5. The first-order valence-electron chi connectivity index (χ1n) is 8.01. The van der Waals surface area contributed by atoms with Gasteiger partial charge in [-0.05, 0) is 17.5 Å². The molecule has 0 amide bonds.